The van der Waals surface area contributed by atoms with Gasteiger partial charge >= 0.3 is 5.97 Å². The Morgan fingerprint density at radius 1 is 0.955 bits per heavy atom. The fourth-order valence-corrected chi connectivity index (χ4v) is 6.61. The quantitative estimate of drug-likeness (QED) is 0.554. The second-order valence-electron chi connectivity index (χ2n) is 8.92. The Balaban J connectivity index is 1.62. The summed E-state index contributed by atoms with van der Waals surface area (Å²) in [7, 11) is 0. The summed E-state index contributed by atoms with van der Waals surface area (Å²) in [6.45, 7) is 7.88. The minimum Gasteiger partial charge on any atom is -0.455 e. The molecule has 2 heteroatoms. The molecule has 2 nitrogen and oxygen atoms in total. The van der Waals surface area contributed by atoms with Crippen LogP contribution in [0.4, 0.5) is 0 Å². The van der Waals surface area contributed by atoms with Crippen molar-refractivity contribution in [3.8, 4) is 0 Å². The highest BCUT2D eigenvalue weighted by Crippen LogP contribution is 2.60. The molecule has 0 aromatic carbocycles. The first-order valence-corrected chi connectivity index (χ1v) is 9.36. The van der Waals surface area contributed by atoms with Crippen molar-refractivity contribution in [3.63, 3.8) is 0 Å². The number of carbonyl (C=O) groups is 1. The summed E-state index contributed by atoms with van der Waals surface area (Å²) in [6.07, 6.45) is 10.9. The smallest absolute Gasteiger partial charge is 0.333 e. The standard InChI is InChI=1S/C20H30O2/c1-12(2)19(21)22-20(3,17-10-13-4-6-15(17)8-13)18-11-14-5-7-16(18)9-14/h13-18H,1,4-11H2,2-3H3. The normalized spacial score (nSPS) is 45.0. The summed E-state index contributed by atoms with van der Waals surface area (Å²) in [4.78, 5) is 12.4. The number of rotatable bonds is 4. The third kappa shape index (κ3) is 2.17. The van der Waals surface area contributed by atoms with Crippen LogP contribution < -0.4 is 0 Å². The first kappa shape index (κ1) is 14.8. The Morgan fingerprint density at radius 2 is 1.45 bits per heavy atom. The van der Waals surface area contributed by atoms with Crippen molar-refractivity contribution in [2.75, 3.05) is 0 Å². The molecule has 0 aromatic rings. The van der Waals surface area contributed by atoms with Gasteiger partial charge in [0.25, 0.3) is 0 Å². The molecular formula is C20H30O2. The van der Waals surface area contributed by atoms with Crippen LogP contribution in [-0.2, 0) is 9.53 Å². The average molecular weight is 302 g/mol. The Morgan fingerprint density at radius 3 is 1.77 bits per heavy atom. The van der Waals surface area contributed by atoms with Crippen LogP contribution in [0.25, 0.3) is 0 Å². The van der Waals surface area contributed by atoms with Crippen LogP contribution in [0.1, 0.15) is 65.2 Å². The number of hydrogen-bond donors (Lipinski definition) is 0. The lowest BCUT2D eigenvalue weighted by Crippen LogP contribution is -2.50. The van der Waals surface area contributed by atoms with Gasteiger partial charge in [0.2, 0.25) is 0 Å². The number of carbonyl (C=O) groups excluding carboxylic acids is 1. The van der Waals surface area contributed by atoms with Gasteiger partial charge in [-0.05, 0) is 76.0 Å². The number of hydrogen-bond acceptors (Lipinski definition) is 2. The van der Waals surface area contributed by atoms with E-state index in [1.54, 1.807) is 6.92 Å². The zero-order chi connectivity index (χ0) is 15.5. The molecule has 4 aliphatic carbocycles. The van der Waals surface area contributed by atoms with E-state index in [1.807, 2.05) is 0 Å². The fourth-order valence-electron chi connectivity index (χ4n) is 6.61. The van der Waals surface area contributed by atoms with E-state index in [-0.39, 0.29) is 11.6 Å². The molecule has 0 saturated heterocycles. The van der Waals surface area contributed by atoms with Crippen LogP contribution >= 0.6 is 0 Å². The lowest BCUT2D eigenvalue weighted by atomic mass is 9.66. The van der Waals surface area contributed by atoms with E-state index in [2.05, 4.69) is 13.5 Å². The van der Waals surface area contributed by atoms with Crippen LogP contribution in [0.15, 0.2) is 12.2 Å². The minimum absolute atomic E-state index is 0.159. The van der Waals surface area contributed by atoms with Crippen LogP contribution in [-0.4, -0.2) is 11.6 Å². The molecule has 0 radical (unpaired) electrons. The van der Waals surface area contributed by atoms with E-state index in [4.69, 9.17) is 4.74 Å². The molecule has 0 aliphatic heterocycles. The molecule has 4 bridgehead atoms. The molecule has 4 rings (SSSR count). The zero-order valence-corrected chi connectivity index (χ0v) is 14.1. The first-order valence-electron chi connectivity index (χ1n) is 9.36. The molecule has 6 unspecified atom stereocenters. The van der Waals surface area contributed by atoms with E-state index in [1.165, 1.54) is 51.4 Å². The second kappa shape index (κ2) is 5.11. The minimum atomic E-state index is -0.240. The van der Waals surface area contributed by atoms with Gasteiger partial charge in [0.05, 0.1) is 0 Å². The molecule has 6 atom stereocenters. The topological polar surface area (TPSA) is 26.3 Å². The highest BCUT2D eigenvalue weighted by molar-refractivity contribution is 5.87. The van der Waals surface area contributed by atoms with Gasteiger partial charge in [0.15, 0.2) is 0 Å². The largest absolute Gasteiger partial charge is 0.455 e. The fraction of sp³-hybridized carbons (Fsp3) is 0.850. The summed E-state index contributed by atoms with van der Waals surface area (Å²) in [5, 5.41) is 0. The average Bonchev–Trinajstić information content (AvgIpc) is 3.26. The van der Waals surface area contributed by atoms with Gasteiger partial charge in [-0.25, -0.2) is 4.79 Å². The zero-order valence-electron chi connectivity index (χ0n) is 14.1. The second-order valence-corrected chi connectivity index (χ2v) is 8.92. The van der Waals surface area contributed by atoms with Gasteiger partial charge in [0.1, 0.15) is 5.60 Å². The van der Waals surface area contributed by atoms with E-state index in [0.717, 1.165) is 23.7 Å². The third-order valence-corrected chi connectivity index (χ3v) is 7.61. The van der Waals surface area contributed by atoms with Crippen molar-refractivity contribution in [3.05, 3.63) is 12.2 Å². The highest BCUT2D eigenvalue weighted by Gasteiger charge is 2.58. The van der Waals surface area contributed by atoms with Gasteiger partial charge in [-0.3, -0.25) is 0 Å². The maximum Gasteiger partial charge on any atom is 0.333 e. The molecular weight excluding hydrogens is 272 g/mol. The predicted molar refractivity (Wildman–Crippen MR) is 87.2 cm³/mol. The summed E-state index contributed by atoms with van der Waals surface area (Å²) in [6, 6.07) is 0. The molecule has 4 fully saturated rings. The van der Waals surface area contributed by atoms with Crippen molar-refractivity contribution in [2.24, 2.45) is 35.5 Å². The molecule has 22 heavy (non-hydrogen) atoms. The molecule has 122 valence electrons. The molecule has 4 aliphatic rings. The van der Waals surface area contributed by atoms with Gasteiger partial charge in [-0.15, -0.1) is 0 Å². The number of esters is 1. The molecule has 0 aromatic heterocycles. The Kier molecular flexibility index (Phi) is 3.43. The maximum absolute atomic E-state index is 12.4. The molecule has 4 saturated carbocycles. The third-order valence-electron chi connectivity index (χ3n) is 7.61. The van der Waals surface area contributed by atoms with E-state index < -0.39 is 0 Å². The Hall–Kier alpha value is -0.790. The summed E-state index contributed by atoms with van der Waals surface area (Å²) < 4.78 is 6.23. The van der Waals surface area contributed by atoms with Crippen molar-refractivity contribution >= 4 is 5.97 Å². The molecule has 0 amide bonds. The predicted octanol–water partition coefficient (Wildman–Crippen LogP) is 4.74. The maximum atomic E-state index is 12.4. The van der Waals surface area contributed by atoms with Crippen molar-refractivity contribution in [1.29, 1.82) is 0 Å². The van der Waals surface area contributed by atoms with Crippen molar-refractivity contribution in [2.45, 2.75) is 70.8 Å². The van der Waals surface area contributed by atoms with Gasteiger partial charge < -0.3 is 4.74 Å². The summed E-state index contributed by atoms with van der Waals surface area (Å²) >= 11 is 0. The van der Waals surface area contributed by atoms with E-state index in [9.17, 15) is 4.79 Å². The van der Waals surface area contributed by atoms with Crippen LogP contribution in [0.5, 0.6) is 0 Å². The van der Waals surface area contributed by atoms with Gasteiger partial charge in [-0.1, -0.05) is 19.4 Å². The van der Waals surface area contributed by atoms with Crippen LogP contribution in [0, 0.1) is 35.5 Å². The highest BCUT2D eigenvalue weighted by atomic mass is 16.6. The van der Waals surface area contributed by atoms with Gasteiger partial charge in [-0.2, -0.15) is 0 Å². The van der Waals surface area contributed by atoms with Crippen LogP contribution in [0.2, 0.25) is 0 Å². The Bertz CT molecular complexity index is 466. The molecule has 0 N–H and O–H groups in total. The van der Waals surface area contributed by atoms with E-state index >= 15 is 0 Å². The summed E-state index contributed by atoms with van der Waals surface area (Å²) in [5.74, 6) is 4.43. The van der Waals surface area contributed by atoms with E-state index in [0.29, 0.717) is 17.4 Å². The summed E-state index contributed by atoms with van der Waals surface area (Å²) in [5.41, 5.74) is 0.313. The van der Waals surface area contributed by atoms with Crippen LogP contribution in [0.3, 0.4) is 0 Å². The monoisotopic (exact) mass is 302 g/mol. The van der Waals surface area contributed by atoms with Crippen molar-refractivity contribution < 1.29 is 9.53 Å². The SMILES string of the molecule is C=C(C)C(=O)OC(C)(C1CC2CCC1C2)C1CC2CCC1C2. The molecule has 0 spiro atoms. The number of ether oxygens (including phenoxy) is 1. The molecule has 0 heterocycles. The Labute approximate surface area is 134 Å². The number of fused-ring (bicyclic) bond motifs is 4. The lowest BCUT2D eigenvalue weighted by Gasteiger charge is -2.46. The first-order chi connectivity index (χ1) is 10.5. The lowest BCUT2D eigenvalue weighted by molar-refractivity contribution is -0.174. The van der Waals surface area contributed by atoms with Crippen molar-refractivity contribution in [1.82, 2.24) is 0 Å². The van der Waals surface area contributed by atoms with Gasteiger partial charge in [0, 0.05) is 17.4 Å².